The molecule has 6 nitrogen and oxygen atoms in total. The number of hydrogen-bond acceptors (Lipinski definition) is 6. The maximum Gasteiger partial charge on any atom is 0.294 e. The van der Waals surface area contributed by atoms with Gasteiger partial charge in [0.2, 0.25) is 5.88 Å². The summed E-state index contributed by atoms with van der Waals surface area (Å²) >= 11 is 0. The predicted molar refractivity (Wildman–Crippen MR) is 47.1 cm³/mol. The summed E-state index contributed by atoms with van der Waals surface area (Å²) in [5.41, 5.74) is 2.60. The van der Waals surface area contributed by atoms with Crippen molar-refractivity contribution in [3.63, 3.8) is 0 Å². The van der Waals surface area contributed by atoms with Gasteiger partial charge in [0.25, 0.3) is 11.8 Å². The minimum absolute atomic E-state index is 0.269. The van der Waals surface area contributed by atoms with Crippen molar-refractivity contribution in [1.29, 1.82) is 0 Å². The van der Waals surface area contributed by atoms with Gasteiger partial charge in [-0.1, -0.05) is 0 Å². The SMILES string of the molecule is COC1=CN=C(OC)C(OC)=NN1. The molecule has 0 unspecified atom stereocenters. The summed E-state index contributed by atoms with van der Waals surface area (Å²) in [5, 5.41) is 3.84. The Kier molecular flexibility index (Phi) is 3.13. The molecule has 0 amide bonds. The molecule has 0 saturated carbocycles. The van der Waals surface area contributed by atoms with Crippen molar-refractivity contribution < 1.29 is 14.2 Å². The number of aliphatic imine (C=N–C) groups is 1. The molecule has 0 aromatic rings. The predicted octanol–water partition coefficient (Wildman–Crippen LogP) is 0.0397. The molecule has 13 heavy (non-hydrogen) atoms. The maximum absolute atomic E-state index is 4.92. The number of nitrogens with zero attached hydrogens (tertiary/aromatic N) is 2. The Morgan fingerprint density at radius 3 is 2.31 bits per heavy atom. The highest BCUT2D eigenvalue weighted by atomic mass is 16.5. The molecule has 0 fully saturated rings. The van der Waals surface area contributed by atoms with Crippen LogP contribution in [0.15, 0.2) is 22.2 Å². The van der Waals surface area contributed by atoms with Crippen LogP contribution in [0.2, 0.25) is 0 Å². The third-order valence-electron chi connectivity index (χ3n) is 1.36. The highest BCUT2D eigenvalue weighted by molar-refractivity contribution is 6.35. The van der Waals surface area contributed by atoms with E-state index < -0.39 is 0 Å². The second-order valence-electron chi connectivity index (χ2n) is 2.07. The molecule has 0 spiro atoms. The molecule has 6 heteroatoms. The van der Waals surface area contributed by atoms with Crippen molar-refractivity contribution >= 4 is 11.8 Å². The zero-order chi connectivity index (χ0) is 9.68. The Labute approximate surface area is 75.9 Å². The van der Waals surface area contributed by atoms with Crippen LogP contribution in [0.3, 0.4) is 0 Å². The average Bonchev–Trinajstić information content (AvgIpc) is 2.38. The van der Waals surface area contributed by atoms with Gasteiger partial charge in [0.1, 0.15) is 0 Å². The van der Waals surface area contributed by atoms with E-state index in [-0.39, 0.29) is 5.90 Å². The molecule has 0 aromatic carbocycles. The van der Waals surface area contributed by atoms with Crippen LogP contribution < -0.4 is 5.43 Å². The largest absolute Gasteiger partial charge is 0.480 e. The molecule has 1 aliphatic rings. The van der Waals surface area contributed by atoms with Gasteiger partial charge in [-0.2, -0.15) is 0 Å². The number of methoxy groups -OCH3 is 3. The average molecular weight is 185 g/mol. The fourth-order valence-corrected chi connectivity index (χ4v) is 0.726. The van der Waals surface area contributed by atoms with Crippen molar-refractivity contribution in [2.24, 2.45) is 10.1 Å². The van der Waals surface area contributed by atoms with Crippen LogP contribution in [0, 0.1) is 0 Å². The Morgan fingerprint density at radius 1 is 1.08 bits per heavy atom. The van der Waals surface area contributed by atoms with Gasteiger partial charge in [-0.05, 0) is 0 Å². The number of hydrazone groups is 1. The topological polar surface area (TPSA) is 64.4 Å². The highest BCUT2D eigenvalue weighted by Gasteiger charge is 2.12. The van der Waals surface area contributed by atoms with E-state index in [0.29, 0.717) is 11.8 Å². The normalized spacial score (nSPS) is 15.8. The summed E-state index contributed by atoms with van der Waals surface area (Å²) in [7, 11) is 4.47. The molecule has 0 radical (unpaired) electrons. The summed E-state index contributed by atoms with van der Waals surface area (Å²) < 4.78 is 14.7. The minimum Gasteiger partial charge on any atom is -0.480 e. The van der Waals surface area contributed by atoms with Crippen molar-refractivity contribution in [3.05, 3.63) is 12.1 Å². The Morgan fingerprint density at radius 2 is 1.77 bits per heavy atom. The second kappa shape index (κ2) is 4.34. The lowest BCUT2D eigenvalue weighted by Crippen LogP contribution is -2.20. The number of hydrogen-bond donors (Lipinski definition) is 1. The smallest absolute Gasteiger partial charge is 0.294 e. The van der Waals surface area contributed by atoms with E-state index in [1.165, 1.54) is 27.5 Å². The van der Waals surface area contributed by atoms with Crippen LogP contribution >= 0.6 is 0 Å². The summed E-state index contributed by atoms with van der Waals surface area (Å²) in [4.78, 5) is 3.94. The minimum atomic E-state index is 0.269. The fourth-order valence-electron chi connectivity index (χ4n) is 0.726. The molecular weight excluding hydrogens is 174 g/mol. The summed E-state index contributed by atoms with van der Waals surface area (Å²) in [6, 6.07) is 0. The fraction of sp³-hybridized carbons (Fsp3) is 0.429. The van der Waals surface area contributed by atoms with Crippen LogP contribution in [0.5, 0.6) is 0 Å². The monoisotopic (exact) mass is 185 g/mol. The molecule has 1 rings (SSSR count). The lowest BCUT2D eigenvalue weighted by Gasteiger charge is -2.04. The first kappa shape index (κ1) is 9.37. The lowest BCUT2D eigenvalue weighted by atomic mass is 10.6. The molecule has 1 N–H and O–H groups in total. The van der Waals surface area contributed by atoms with Crippen LogP contribution in [-0.4, -0.2) is 33.1 Å². The van der Waals surface area contributed by atoms with E-state index in [1.54, 1.807) is 0 Å². The standard InChI is InChI=1S/C7H11N3O3/c1-11-5-4-8-6(12-2)7(13-3)10-9-5/h4,9H,1-3H3. The van der Waals surface area contributed by atoms with Gasteiger partial charge in [-0.25, -0.2) is 10.4 Å². The van der Waals surface area contributed by atoms with Crippen molar-refractivity contribution in [1.82, 2.24) is 5.43 Å². The van der Waals surface area contributed by atoms with Gasteiger partial charge in [0, 0.05) is 0 Å². The van der Waals surface area contributed by atoms with Crippen molar-refractivity contribution in [3.8, 4) is 0 Å². The van der Waals surface area contributed by atoms with Gasteiger partial charge in [0.15, 0.2) is 0 Å². The molecule has 72 valence electrons. The van der Waals surface area contributed by atoms with Crippen LogP contribution in [-0.2, 0) is 14.2 Å². The van der Waals surface area contributed by atoms with E-state index in [2.05, 4.69) is 15.5 Å². The second-order valence-corrected chi connectivity index (χ2v) is 2.07. The molecule has 0 saturated heterocycles. The van der Waals surface area contributed by atoms with Gasteiger partial charge in [0.05, 0.1) is 27.5 Å². The van der Waals surface area contributed by atoms with Crippen LogP contribution in [0.1, 0.15) is 0 Å². The van der Waals surface area contributed by atoms with E-state index in [1.807, 2.05) is 0 Å². The molecule has 0 aromatic heterocycles. The Hall–Kier alpha value is -1.72. The van der Waals surface area contributed by atoms with Crippen LogP contribution in [0.4, 0.5) is 0 Å². The first-order chi connectivity index (χ1) is 6.31. The molecule has 0 bridgehead atoms. The van der Waals surface area contributed by atoms with E-state index >= 15 is 0 Å². The first-order valence-electron chi connectivity index (χ1n) is 3.55. The van der Waals surface area contributed by atoms with Gasteiger partial charge in [-0.15, -0.1) is 5.10 Å². The third-order valence-corrected chi connectivity index (χ3v) is 1.36. The van der Waals surface area contributed by atoms with E-state index in [0.717, 1.165) is 0 Å². The molecular formula is C7H11N3O3. The zero-order valence-corrected chi connectivity index (χ0v) is 7.70. The van der Waals surface area contributed by atoms with E-state index in [4.69, 9.17) is 14.2 Å². The zero-order valence-electron chi connectivity index (χ0n) is 7.70. The first-order valence-corrected chi connectivity index (χ1v) is 3.55. The third kappa shape index (κ3) is 2.11. The van der Waals surface area contributed by atoms with Gasteiger partial charge >= 0.3 is 0 Å². The Bertz CT molecular complexity index is 270. The summed E-state index contributed by atoms with van der Waals surface area (Å²) in [5.74, 6) is 0.981. The quantitative estimate of drug-likeness (QED) is 0.626. The number of rotatable bonds is 1. The van der Waals surface area contributed by atoms with Gasteiger partial charge in [-0.3, -0.25) is 0 Å². The highest BCUT2D eigenvalue weighted by Crippen LogP contribution is 1.99. The molecule has 1 aliphatic heterocycles. The van der Waals surface area contributed by atoms with Gasteiger partial charge < -0.3 is 14.2 Å². The summed E-state index contributed by atoms with van der Waals surface area (Å²) in [6.07, 6.45) is 1.45. The Balaban J connectivity index is 2.87. The van der Waals surface area contributed by atoms with Crippen molar-refractivity contribution in [2.75, 3.05) is 21.3 Å². The van der Waals surface area contributed by atoms with Crippen LogP contribution in [0.25, 0.3) is 0 Å². The van der Waals surface area contributed by atoms with E-state index in [9.17, 15) is 0 Å². The summed E-state index contributed by atoms with van der Waals surface area (Å²) in [6.45, 7) is 0. The number of nitrogens with one attached hydrogen (secondary N) is 1. The maximum atomic E-state index is 4.92. The molecule has 0 atom stereocenters. The lowest BCUT2D eigenvalue weighted by molar-refractivity contribution is 0.261. The molecule has 1 heterocycles. The number of ether oxygens (including phenoxy) is 3. The van der Waals surface area contributed by atoms with Crippen molar-refractivity contribution in [2.45, 2.75) is 0 Å². The molecule has 0 aliphatic carbocycles.